The van der Waals surface area contributed by atoms with Crippen molar-refractivity contribution in [3.05, 3.63) is 29.3 Å². The molecular weight excluding hydrogens is 248 g/mol. The van der Waals surface area contributed by atoms with Gasteiger partial charge < -0.3 is 14.7 Å². The molecule has 0 saturated carbocycles. The van der Waals surface area contributed by atoms with Gasteiger partial charge in [0, 0.05) is 17.2 Å². The second-order valence-corrected chi connectivity index (χ2v) is 5.21. The third kappa shape index (κ3) is 4.22. The van der Waals surface area contributed by atoms with Gasteiger partial charge in [-0.05, 0) is 39.8 Å². The molecule has 0 aromatic heterocycles. The normalized spacial score (nSPS) is 12.9. The van der Waals surface area contributed by atoms with Crippen LogP contribution in [0.1, 0.15) is 43.1 Å². The van der Waals surface area contributed by atoms with E-state index in [1.807, 2.05) is 0 Å². The summed E-state index contributed by atoms with van der Waals surface area (Å²) >= 11 is 0. The van der Waals surface area contributed by atoms with Crippen LogP contribution in [0, 0.1) is 6.92 Å². The molecule has 19 heavy (non-hydrogen) atoms. The maximum atomic E-state index is 12.1. The lowest BCUT2D eigenvalue weighted by Gasteiger charge is -2.26. The Kier molecular flexibility index (Phi) is 4.91. The second kappa shape index (κ2) is 6.04. The van der Waals surface area contributed by atoms with Crippen LogP contribution in [-0.4, -0.2) is 22.8 Å². The van der Waals surface area contributed by atoms with Crippen molar-refractivity contribution in [1.29, 1.82) is 0 Å². The molecule has 5 heteroatoms. The van der Waals surface area contributed by atoms with E-state index in [0.717, 1.165) is 0 Å². The zero-order chi connectivity index (χ0) is 14.6. The molecule has 0 bridgehead atoms. The van der Waals surface area contributed by atoms with E-state index in [9.17, 15) is 15.2 Å². The monoisotopic (exact) mass is 267 g/mol. The van der Waals surface area contributed by atoms with Gasteiger partial charge in [-0.25, -0.2) is 4.79 Å². The number of aliphatic hydroxyl groups excluding tert-OH is 1. The van der Waals surface area contributed by atoms with Crippen LogP contribution in [0.15, 0.2) is 18.2 Å². The van der Waals surface area contributed by atoms with Crippen molar-refractivity contribution in [1.82, 2.24) is 0 Å². The minimum atomic E-state index is -0.786. The van der Waals surface area contributed by atoms with E-state index in [-0.39, 0.29) is 11.3 Å². The van der Waals surface area contributed by atoms with E-state index in [4.69, 9.17) is 4.74 Å². The molecule has 1 atom stereocenters. The Hall–Kier alpha value is -1.59. The molecule has 0 amide bonds. The first kappa shape index (κ1) is 15.5. The lowest BCUT2D eigenvalue weighted by molar-refractivity contribution is -0.209. The van der Waals surface area contributed by atoms with Crippen molar-refractivity contribution in [3.8, 4) is 5.75 Å². The zero-order valence-corrected chi connectivity index (χ0v) is 11.6. The van der Waals surface area contributed by atoms with Crippen LogP contribution in [0.5, 0.6) is 5.75 Å². The third-order valence-electron chi connectivity index (χ3n) is 2.75. The van der Waals surface area contributed by atoms with Gasteiger partial charge in [0.1, 0.15) is 5.60 Å². The molecular formula is C14H19O5. The largest absolute Gasteiger partial charge is 0.456 e. The fourth-order valence-corrected chi connectivity index (χ4v) is 1.98. The first-order valence-electron chi connectivity index (χ1n) is 6.07. The predicted octanol–water partition coefficient (Wildman–Crippen LogP) is 2.43. The summed E-state index contributed by atoms with van der Waals surface area (Å²) < 4.78 is 5.36. The van der Waals surface area contributed by atoms with Crippen LogP contribution >= 0.6 is 0 Å². The highest BCUT2D eigenvalue weighted by Gasteiger charge is 2.26. The van der Waals surface area contributed by atoms with E-state index >= 15 is 0 Å². The second-order valence-electron chi connectivity index (χ2n) is 5.21. The smallest absolute Gasteiger partial charge is 0.339 e. The molecule has 5 nitrogen and oxygen atoms in total. The molecule has 0 spiro atoms. The molecule has 1 aromatic rings. The van der Waals surface area contributed by atoms with Crippen molar-refractivity contribution in [2.45, 2.75) is 45.8 Å². The number of ether oxygens (including phenoxy) is 1. The summed E-state index contributed by atoms with van der Waals surface area (Å²) in [6.45, 7) is 6.69. The van der Waals surface area contributed by atoms with Gasteiger partial charge in [-0.3, -0.25) is 0 Å². The van der Waals surface area contributed by atoms with Crippen LogP contribution in [0.25, 0.3) is 0 Å². The first-order valence-corrected chi connectivity index (χ1v) is 6.07. The number of benzene rings is 1. The van der Waals surface area contributed by atoms with Crippen LogP contribution < -0.4 is 4.89 Å². The highest BCUT2D eigenvalue weighted by Crippen LogP contribution is 2.24. The van der Waals surface area contributed by atoms with E-state index in [0.29, 0.717) is 12.0 Å². The fraction of sp³-hybridized carbons (Fsp3) is 0.500. The van der Waals surface area contributed by atoms with Gasteiger partial charge in [-0.1, -0.05) is 6.07 Å². The Bertz CT molecular complexity index is 451. The molecule has 0 aliphatic carbocycles. The molecule has 0 saturated heterocycles. The molecule has 1 aromatic carbocycles. The van der Waals surface area contributed by atoms with E-state index in [1.54, 1.807) is 39.8 Å². The predicted molar refractivity (Wildman–Crippen MR) is 68.3 cm³/mol. The van der Waals surface area contributed by atoms with Crippen LogP contribution in [-0.2, 0) is 9.99 Å². The number of aliphatic hydroxyl groups is 1. The van der Waals surface area contributed by atoms with Crippen LogP contribution in [0.2, 0.25) is 0 Å². The average Bonchev–Trinajstić information content (AvgIpc) is 2.26. The Morgan fingerprint density at radius 3 is 2.58 bits per heavy atom. The number of hydrogen-bond donors (Lipinski definition) is 1. The highest BCUT2D eigenvalue weighted by atomic mass is 17.1. The van der Waals surface area contributed by atoms with Gasteiger partial charge in [0.15, 0.2) is 5.75 Å². The van der Waals surface area contributed by atoms with E-state index in [1.165, 1.54) is 6.07 Å². The summed E-state index contributed by atoms with van der Waals surface area (Å²) in [6.07, 6.45) is -0.240. The van der Waals surface area contributed by atoms with Crippen molar-refractivity contribution < 1.29 is 24.8 Å². The summed E-state index contributed by atoms with van der Waals surface area (Å²) in [4.78, 5) is 16.0. The molecule has 0 heterocycles. The number of esters is 1. The van der Waals surface area contributed by atoms with Gasteiger partial charge in [0.25, 0.3) is 0 Å². The first-order chi connectivity index (χ1) is 8.76. The van der Waals surface area contributed by atoms with Crippen LogP contribution in [0.4, 0.5) is 0 Å². The molecule has 1 unspecified atom stereocenters. The summed E-state index contributed by atoms with van der Waals surface area (Å²) in [5, 5.41) is 19.8. The van der Waals surface area contributed by atoms with Gasteiger partial charge in [0.05, 0.1) is 11.7 Å². The average molecular weight is 267 g/mol. The maximum Gasteiger partial charge on any atom is 0.339 e. The zero-order valence-electron chi connectivity index (χ0n) is 11.6. The standard InChI is InChI=1S/C14H19O5/c1-9(15)8-14(3,4)18-13(16)11-6-5-7-12(19-17)10(11)2/h5-7,9,15H,8H2,1-4H3. The third-order valence-corrected chi connectivity index (χ3v) is 2.75. The molecule has 0 aliphatic rings. The molecule has 1 radical (unpaired) electrons. The molecule has 105 valence electrons. The minimum Gasteiger partial charge on any atom is -0.456 e. The Morgan fingerprint density at radius 1 is 1.42 bits per heavy atom. The number of carbonyl (C=O) groups is 1. The molecule has 0 fully saturated rings. The lowest BCUT2D eigenvalue weighted by atomic mass is 10.0. The highest BCUT2D eigenvalue weighted by molar-refractivity contribution is 5.92. The van der Waals surface area contributed by atoms with Crippen molar-refractivity contribution in [2.75, 3.05) is 0 Å². The number of hydrogen-bond acceptors (Lipinski definition) is 4. The summed E-state index contributed by atoms with van der Waals surface area (Å²) in [6, 6.07) is 4.61. The van der Waals surface area contributed by atoms with E-state index in [2.05, 4.69) is 4.89 Å². The molecule has 1 N–H and O–H groups in total. The van der Waals surface area contributed by atoms with E-state index < -0.39 is 17.7 Å². The van der Waals surface area contributed by atoms with Crippen molar-refractivity contribution >= 4 is 5.97 Å². The quantitative estimate of drug-likeness (QED) is 0.505. The maximum absolute atomic E-state index is 12.1. The number of rotatable bonds is 5. The molecule has 1 rings (SSSR count). The summed E-state index contributed by atoms with van der Waals surface area (Å²) in [7, 11) is 0. The van der Waals surface area contributed by atoms with Crippen molar-refractivity contribution in [2.24, 2.45) is 0 Å². The number of carbonyl (C=O) groups excluding carboxylic acids is 1. The van der Waals surface area contributed by atoms with Gasteiger partial charge in [-0.2, -0.15) is 0 Å². The lowest BCUT2D eigenvalue weighted by Crippen LogP contribution is -2.32. The SMILES string of the molecule is Cc1c(O[O])cccc1C(=O)OC(C)(C)CC(C)O. The molecule has 0 aliphatic heterocycles. The van der Waals surface area contributed by atoms with Gasteiger partial charge in [0.2, 0.25) is 0 Å². The minimum absolute atomic E-state index is 0.0998. The topological polar surface area (TPSA) is 75.7 Å². The Labute approximate surface area is 112 Å². The summed E-state index contributed by atoms with van der Waals surface area (Å²) in [5.74, 6) is -0.440. The summed E-state index contributed by atoms with van der Waals surface area (Å²) in [5.41, 5.74) is -0.0613. The van der Waals surface area contributed by atoms with Crippen LogP contribution in [0.3, 0.4) is 0 Å². The Morgan fingerprint density at radius 2 is 2.05 bits per heavy atom. The van der Waals surface area contributed by atoms with Crippen molar-refractivity contribution in [3.63, 3.8) is 0 Å². The Balaban J connectivity index is 2.90. The fourth-order valence-electron chi connectivity index (χ4n) is 1.98. The van der Waals surface area contributed by atoms with Gasteiger partial charge in [-0.15, -0.1) is 0 Å². The van der Waals surface area contributed by atoms with Gasteiger partial charge >= 0.3 is 5.97 Å².